The highest BCUT2D eigenvalue weighted by molar-refractivity contribution is 9.09. The van der Waals surface area contributed by atoms with Crippen LogP contribution >= 0.6 is 15.9 Å². The fourth-order valence-electron chi connectivity index (χ4n) is 1.71. The number of carbonyl (C=O) groups is 1. The molecule has 4 nitrogen and oxygen atoms in total. The molecule has 0 fully saturated rings. The predicted molar refractivity (Wildman–Crippen MR) is 76.2 cm³/mol. The van der Waals surface area contributed by atoms with E-state index in [-0.39, 0.29) is 11.9 Å². The topological polar surface area (TPSA) is 41.6 Å². The van der Waals surface area contributed by atoms with Gasteiger partial charge >= 0.3 is 0 Å². The number of hydrogen-bond acceptors (Lipinski definition) is 3. The number of ether oxygens (including phenoxy) is 1. The average Bonchev–Trinajstić information content (AvgIpc) is 2.38. The molecule has 0 aliphatic rings. The van der Waals surface area contributed by atoms with E-state index in [1.165, 1.54) is 0 Å². The van der Waals surface area contributed by atoms with Gasteiger partial charge in [-0.05, 0) is 31.8 Å². The van der Waals surface area contributed by atoms with E-state index >= 15 is 0 Å². The molecule has 100 valence electrons. The van der Waals surface area contributed by atoms with Gasteiger partial charge in [-0.25, -0.2) is 0 Å². The lowest BCUT2D eigenvalue weighted by atomic mass is 10.1. The van der Waals surface area contributed by atoms with Crippen LogP contribution in [0.1, 0.15) is 11.6 Å². The highest BCUT2D eigenvalue weighted by Gasteiger charge is 2.15. The van der Waals surface area contributed by atoms with Gasteiger partial charge in [0.2, 0.25) is 5.91 Å². The van der Waals surface area contributed by atoms with Crippen molar-refractivity contribution in [1.82, 2.24) is 10.2 Å². The van der Waals surface area contributed by atoms with Gasteiger partial charge in [0.25, 0.3) is 0 Å². The Balaban J connectivity index is 2.80. The molecule has 5 heteroatoms. The first-order valence-electron chi connectivity index (χ1n) is 5.71. The van der Waals surface area contributed by atoms with Crippen molar-refractivity contribution in [2.45, 2.75) is 6.04 Å². The summed E-state index contributed by atoms with van der Waals surface area (Å²) >= 11 is 3.14. The zero-order valence-corrected chi connectivity index (χ0v) is 12.5. The Morgan fingerprint density at radius 1 is 1.50 bits per heavy atom. The van der Waals surface area contributed by atoms with Gasteiger partial charge in [0.1, 0.15) is 5.75 Å². The van der Waals surface area contributed by atoms with Gasteiger partial charge in [-0.1, -0.05) is 28.1 Å². The number of benzene rings is 1. The molecular formula is C13H19BrN2O2. The van der Waals surface area contributed by atoms with E-state index in [0.29, 0.717) is 11.9 Å². The molecule has 0 bridgehead atoms. The predicted octanol–water partition coefficient (Wildman–Crippen LogP) is 1.81. The number of alkyl halides is 1. The maximum absolute atomic E-state index is 11.3. The zero-order chi connectivity index (χ0) is 13.5. The molecule has 1 aromatic carbocycles. The van der Waals surface area contributed by atoms with Crippen molar-refractivity contribution < 1.29 is 9.53 Å². The largest absolute Gasteiger partial charge is 0.497 e. The van der Waals surface area contributed by atoms with Crippen molar-refractivity contribution in [2.24, 2.45) is 0 Å². The van der Waals surface area contributed by atoms with Gasteiger partial charge in [0.15, 0.2) is 0 Å². The monoisotopic (exact) mass is 314 g/mol. The highest BCUT2D eigenvalue weighted by Crippen LogP contribution is 2.21. The Labute approximate surface area is 116 Å². The number of rotatable bonds is 6. The van der Waals surface area contributed by atoms with Gasteiger partial charge in [-0.2, -0.15) is 0 Å². The molecule has 18 heavy (non-hydrogen) atoms. The van der Waals surface area contributed by atoms with E-state index in [9.17, 15) is 4.79 Å². The second-order valence-electron chi connectivity index (χ2n) is 4.19. The van der Waals surface area contributed by atoms with Crippen LogP contribution < -0.4 is 10.1 Å². The Hall–Kier alpha value is -1.07. The first-order chi connectivity index (χ1) is 8.58. The highest BCUT2D eigenvalue weighted by atomic mass is 79.9. The number of amides is 1. The number of methoxy groups -OCH3 is 1. The third-order valence-electron chi connectivity index (χ3n) is 2.72. The van der Waals surface area contributed by atoms with E-state index in [1.54, 1.807) is 7.11 Å². The van der Waals surface area contributed by atoms with Crippen molar-refractivity contribution in [1.29, 1.82) is 0 Å². The van der Waals surface area contributed by atoms with E-state index in [1.807, 2.05) is 38.4 Å². The molecule has 1 N–H and O–H groups in total. The molecule has 1 unspecified atom stereocenters. The number of nitrogens with one attached hydrogen (secondary N) is 1. The summed E-state index contributed by atoms with van der Waals surface area (Å²) in [6.45, 7) is 0.574. The fraction of sp³-hybridized carbons (Fsp3) is 0.462. The molecule has 1 atom stereocenters. The van der Waals surface area contributed by atoms with Crippen LogP contribution in [0, 0.1) is 0 Å². The SMILES string of the molecule is COc1cccc(C(CNC(=O)CBr)N(C)C)c1. The van der Waals surface area contributed by atoms with Gasteiger partial charge in [-0.3, -0.25) is 4.79 Å². The minimum Gasteiger partial charge on any atom is -0.497 e. The molecule has 0 heterocycles. The van der Waals surface area contributed by atoms with Gasteiger partial charge in [0.05, 0.1) is 18.5 Å². The first kappa shape index (κ1) is 15.0. The van der Waals surface area contributed by atoms with Crippen molar-refractivity contribution in [3.05, 3.63) is 29.8 Å². The van der Waals surface area contributed by atoms with Crippen LogP contribution in [-0.2, 0) is 4.79 Å². The molecule has 0 aliphatic carbocycles. The standard InChI is InChI=1S/C13H19BrN2O2/c1-16(2)12(9-15-13(17)8-14)10-5-4-6-11(7-10)18-3/h4-7,12H,8-9H2,1-3H3,(H,15,17). The van der Waals surface area contributed by atoms with Crippen molar-refractivity contribution in [2.75, 3.05) is 33.1 Å². The van der Waals surface area contributed by atoms with Crippen LogP contribution in [0.5, 0.6) is 5.75 Å². The van der Waals surface area contributed by atoms with E-state index in [0.717, 1.165) is 11.3 Å². The Morgan fingerprint density at radius 3 is 2.78 bits per heavy atom. The second-order valence-corrected chi connectivity index (χ2v) is 4.75. The minimum absolute atomic E-state index is 0.00949. The summed E-state index contributed by atoms with van der Waals surface area (Å²) in [5.74, 6) is 0.816. The molecule has 0 radical (unpaired) electrons. The molecule has 0 saturated carbocycles. The van der Waals surface area contributed by atoms with Crippen LogP contribution in [0.4, 0.5) is 0 Å². The second kappa shape index (κ2) is 7.38. The van der Waals surface area contributed by atoms with E-state index in [4.69, 9.17) is 4.74 Å². The first-order valence-corrected chi connectivity index (χ1v) is 6.83. The lowest BCUT2D eigenvalue weighted by Crippen LogP contribution is -2.35. The summed E-state index contributed by atoms with van der Waals surface area (Å²) in [7, 11) is 5.63. The number of nitrogens with zero attached hydrogens (tertiary/aromatic N) is 1. The van der Waals surface area contributed by atoms with Crippen LogP contribution in [0.3, 0.4) is 0 Å². The Morgan fingerprint density at radius 2 is 2.22 bits per heavy atom. The van der Waals surface area contributed by atoms with Crippen LogP contribution in [0.15, 0.2) is 24.3 Å². The molecule has 1 amide bonds. The normalized spacial score (nSPS) is 12.3. The summed E-state index contributed by atoms with van der Waals surface area (Å²) < 4.78 is 5.22. The molecule has 1 rings (SSSR count). The summed E-state index contributed by atoms with van der Waals surface area (Å²) in [6, 6.07) is 8.02. The fourth-order valence-corrected chi connectivity index (χ4v) is 1.90. The molecule has 1 aromatic rings. The maximum Gasteiger partial charge on any atom is 0.230 e. The summed E-state index contributed by atoms with van der Waals surface area (Å²) in [6.07, 6.45) is 0. The zero-order valence-electron chi connectivity index (χ0n) is 10.9. The molecule has 0 saturated heterocycles. The average molecular weight is 315 g/mol. The summed E-state index contributed by atoms with van der Waals surface area (Å²) in [5.41, 5.74) is 1.12. The van der Waals surface area contributed by atoms with Gasteiger partial charge in [0, 0.05) is 6.54 Å². The Bertz CT molecular complexity index is 396. The van der Waals surface area contributed by atoms with Crippen LogP contribution in [0.2, 0.25) is 0 Å². The molecule has 0 aliphatic heterocycles. The van der Waals surface area contributed by atoms with Gasteiger partial charge in [-0.15, -0.1) is 0 Å². The lowest BCUT2D eigenvalue weighted by molar-refractivity contribution is -0.118. The third-order valence-corrected chi connectivity index (χ3v) is 3.23. The van der Waals surface area contributed by atoms with E-state index < -0.39 is 0 Å². The van der Waals surface area contributed by atoms with Gasteiger partial charge < -0.3 is 15.0 Å². The smallest absolute Gasteiger partial charge is 0.230 e. The van der Waals surface area contributed by atoms with Crippen molar-refractivity contribution in [3.63, 3.8) is 0 Å². The Kier molecular flexibility index (Phi) is 6.15. The molecule has 0 aromatic heterocycles. The third kappa shape index (κ3) is 4.31. The number of likely N-dealkylation sites (N-methyl/N-ethyl adjacent to an activating group) is 1. The number of carbonyl (C=O) groups excluding carboxylic acids is 1. The minimum atomic E-state index is -0.00949. The number of halogens is 1. The van der Waals surface area contributed by atoms with Crippen molar-refractivity contribution in [3.8, 4) is 5.75 Å². The summed E-state index contributed by atoms with van der Waals surface area (Å²) in [4.78, 5) is 13.4. The maximum atomic E-state index is 11.3. The molecular weight excluding hydrogens is 296 g/mol. The van der Waals surface area contributed by atoms with Crippen LogP contribution in [0.25, 0.3) is 0 Å². The lowest BCUT2D eigenvalue weighted by Gasteiger charge is -2.25. The van der Waals surface area contributed by atoms with Crippen LogP contribution in [-0.4, -0.2) is 43.9 Å². The molecule has 0 spiro atoms. The quantitative estimate of drug-likeness (QED) is 0.814. The number of hydrogen-bond donors (Lipinski definition) is 1. The van der Waals surface area contributed by atoms with Crippen molar-refractivity contribution >= 4 is 21.8 Å². The summed E-state index contributed by atoms with van der Waals surface area (Å²) in [5, 5.41) is 3.21. The van der Waals surface area contributed by atoms with E-state index in [2.05, 4.69) is 26.1 Å².